The molecule has 0 N–H and O–H groups in total. The largest absolute Gasteiger partial charge is 0.309 e. The van der Waals surface area contributed by atoms with Crippen molar-refractivity contribution in [3.8, 4) is 61.5 Å². The summed E-state index contributed by atoms with van der Waals surface area (Å²) in [6.07, 6.45) is 0. The molecule has 0 fully saturated rings. The van der Waals surface area contributed by atoms with Gasteiger partial charge in [0, 0.05) is 44.1 Å². The Kier molecular flexibility index (Phi) is 8.32. The van der Waals surface area contributed by atoms with Crippen molar-refractivity contribution in [1.29, 1.82) is 0 Å². The van der Waals surface area contributed by atoms with Gasteiger partial charge < -0.3 is 4.57 Å². The summed E-state index contributed by atoms with van der Waals surface area (Å²) in [5.41, 5.74) is 10.4. The van der Waals surface area contributed by atoms with E-state index >= 15 is 0 Å². The highest BCUT2D eigenvalue weighted by Crippen LogP contribution is 2.44. The summed E-state index contributed by atoms with van der Waals surface area (Å²) < 4.78 is 3.61. The van der Waals surface area contributed by atoms with Crippen LogP contribution in [0.5, 0.6) is 0 Å². The number of fused-ring (bicyclic) bond motifs is 9. The second-order valence-electron chi connectivity index (χ2n) is 16.2. The van der Waals surface area contributed by atoms with Crippen LogP contribution in [0, 0.1) is 0 Å². The molecule has 0 bridgehead atoms. The third-order valence-electron chi connectivity index (χ3n) is 12.5. The molecule has 13 rings (SSSR count). The SMILES string of the molecule is c1ccc(-c2ccccc2-c2nc(-c3cccc4ccccc34)nc(-c3cc4ccccc4c4ccc5c6ccccc6n(-c6cccc(-c7nc8ccccc8s7)c6)c5c34)n2)cc1. The van der Waals surface area contributed by atoms with Crippen molar-refractivity contribution in [3.05, 3.63) is 212 Å². The second-order valence-corrected chi connectivity index (χ2v) is 17.2. The topological polar surface area (TPSA) is 56.5 Å². The van der Waals surface area contributed by atoms with Crippen LogP contribution >= 0.6 is 11.3 Å². The monoisotopic (exact) mass is 833 g/mol. The van der Waals surface area contributed by atoms with E-state index in [4.69, 9.17) is 19.9 Å². The smallest absolute Gasteiger partial charge is 0.164 e. The molecule has 10 aromatic carbocycles. The summed E-state index contributed by atoms with van der Waals surface area (Å²) in [6, 6.07) is 75.1. The van der Waals surface area contributed by atoms with Crippen molar-refractivity contribution in [2.24, 2.45) is 0 Å². The number of para-hydroxylation sites is 2. The fraction of sp³-hybridized carbons (Fsp3) is 0. The number of thiazole rings is 1. The Morgan fingerprint density at radius 1 is 0.359 bits per heavy atom. The molecule has 3 aromatic heterocycles. The Morgan fingerprint density at radius 3 is 1.83 bits per heavy atom. The molecule has 6 heteroatoms. The molecule has 0 aliphatic rings. The van der Waals surface area contributed by atoms with Crippen molar-refractivity contribution in [3.63, 3.8) is 0 Å². The summed E-state index contributed by atoms with van der Waals surface area (Å²) in [5.74, 6) is 1.85. The van der Waals surface area contributed by atoms with Gasteiger partial charge in [-0.1, -0.05) is 176 Å². The molecule has 0 aliphatic heterocycles. The zero-order valence-electron chi connectivity index (χ0n) is 34.4. The van der Waals surface area contributed by atoms with E-state index in [0.717, 1.165) is 92.9 Å². The first kappa shape index (κ1) is 36.3. The van der Waals surface area contributed by atoms with Crippen LogP contribution in [0.2, 0.25) is 0 Å². The van der Waals surface area contributed by atoms with E-state index in [-0.39, 0.29) is 0 Å². The number of aromatic nitrogens is 5. The maximum atomic E-state index is 5.52. The average Bonchev–Trinajstić information content (AvgIpc) is 3.96. The Bertz CT molecular complexity index is 3940. The van der Waals surface area contributed by atoms with Gasteiger partial charge in [0.15, 0.2) is 17.5 Å². The summed E-state index contributed by atoms with van der Waals surface area (Å²) in [5, 5.41) is 10.0. The Balaban J connectivity index is 1.15. The van der Waals surface area contributed by atoms with Crippen LogP contribution in [0.1, 0.15) is 0 Å². The maximum Gasteiger partial charge on any atom is 0.164 e. The van der Waals surface area contributed by atoms with E-state index in [0.29, 0.717) is 17.5 Å². The normalized spacial score (nSPS) is 11.8. The molecule has 0 amide bonds. The summed E-state index contributed by atoms with van der Waals surface area (Å²) in [7, 11) is 0. The lowest BCUT2D eigenvalue weighted by Gasteiger charge is -2.17. The first-order chi connectivity index (χ1) is 31.7. The van der Waals surface area contributed by atoms with Gasteiger partial charge in [0.05, 0.1) is 21.3 Å². The lowest BCUT2D eigenvalue weighted by Crippen LogP contribution is -2.03. The molecule has 13 aromatic rings. The van der Waals surface area contributed by atoms with Crippen molar-refractivity contribution >= 4 is 75.7 Å². The number of benzene rings is 10. The lowest BCUT2D eigenvalue weighted by molar-refractivity contribution is 1.08. The minimum absolute atomic E-state index is 0.610. The summed E-state index contributed by atoms with van der Waals surface area (Å²) in [4.78, 5) is 21.5. The first-order valence-corrected chi connectivity index (χ1v) is 22.3. The van der Waals surface area contributed by atoms with E-state index < -0.39 is 0 Å². The van der Waals surface area contributed by atoms with Crippen LogP contribution in [0.15, 0.2) is 212 Å². The predicted molar refractivity (Wildman–Crippen MR) is 267 cm³/mol. The van der Waals surface area contributed by atoms with Gasteiger partial charge in [0.2, 0.25) is 0 Å². The van der Waals surface area contributed by atoms with Crippen LogP contribution in [0.25, 0.3) is 126 Å². The van der Waals surface area contributed by atoms with Crippen molar-refractivity contribution < 1.29 is 0 Å². The number of nitrogens with zero attached hydrogens (tertiary/aromatic N) is 5. The zero-order valence-corrected chi connectivity index (χ0v) is 35.2. The van der Waals surface area contributed by atoms with Crippen molar-refractivity contribution in [1.82, 2.24) is 24.5 Å². The fourth-order valence-corrected chi connectivity index (χ4v) is 10.5. The molecule has 64 heavy (non-hydrogen) atoms. The van der Waals surface area contributed by atoms with Gasteiger partial charge in [-0.25, -0.2) is 19.9 Å². The zero-order chi connectivity index (χ0) is 42.1. The van der Waals surface area contributed by atoms with Gasteiger partial charge in [-0.15, -0.1) is 11.3 Å². The van der Waals surface area contributed by atoms with E-state index in [2.05, 4.69) is 211 Å². The van der Waals surface area contributed by atoms with Gasteiger partial charge >= 0.3 is 0 Å². The highest BCUT2D eigenvalue weighted by molar-refractivity contribution is 7.21. The molecule has 0 atom stereocenters. The molecule has 3 heterocycles. The molecule has 0 radical (unpaired) electrons. The van der Waals surface area contributed by atoms with Crippen LogP contribution in [-0.4, -0.2) is 24.5 Å². The fourth-order valence-electron chi connectivity index (χ4n) is 9.57. The van der Waals surface area contributed by atoms with Crippen LogP contribution in [0.3, 0.4) is 0 Å². The van der Waals surface area contributed by atoms with Crippen molar-refractivity contribution in [2.75, 3.05) is 0 Å². The quantitative estimate of drug-likeness (QED) is 0.157. The van der Waals surface area contributed by atoms with Gasteiger partial charge in [0.1, 0.15) is 5.01 Å². The average molecular weight is 834 g/mol. The molecular formula is C58H35N5S. The summed E-state index contributed by atoms with van der Waals surface area (Å²) in [6.45, 7) is 0. The van der Waals surface area contributed by atoms with E-state index in [1.54, 1.807) is 11.3 Å². The van der Waals surface area contributed by atoms with Crippen LogP contribution in [-0.2, 0) is 0 Å². The highest BCUT2D eigenvalue weighted by Gasteiger charge is 2.23. The standard InChI is InChI=1S/C58H35N5S/c1-2-16-36(17-3-1)41-24-8-9-27-47(41)55-60-56(48-28-15-20-37-18-4-6-23-42(37)48)62-57(61-55)49-35-38-19-5-7-25-43(38)45-32-33-46-44-26-10-12-30-51(44)63(54(46)53(45)49)40-22-14-21-39(34-40)58-59-50-29-11-13-31-52(50)64-58/h1-35H. The van der Waals surface area contributed by atoms with Gasteiger partial charge in [0.25, 0.3) is 0 Å². The van der Waals surface area contributed by atoms with Gasteiger partial charge in [-0.05, 0) is 74.5 Å². The minimum atomic E-state index is 0.610. The number of hydrogen-bond donors (Lipinski definition) is 0. The molecule has 5 nitrogen and oxygen atoms in total. The Morgan fingerprint density at radius 2 is 0.969 bits per heavy atom. The van der Waals surface area contributed by atoms with E-state index in [9.17, 15) is 0 Å². The van der Waals surface area contributed by atoms with E-state index in [1.165, 1.54) is 15.5 Å². The summed E-state index contributed by atoms with van der Waals surface area (Å²) >= 11 is 1.72. The van der Waals surface area contributed by atoms with Crippen LogP contribution < -0.4 is 0 Å². The highest BCUT2D eigenvalue weighted by atomic mass is 32.1. The maximum absolute atomic E-state index is 5.52. The van der Waals surface area contributed by atoms with Crippen LogP contribution in [0.4, 0.5) is 0 Å². The predicted octanol–water partition coefficient (Wildman–Crippen LogP) is 15.4. The minimum Gasteiger partial charge on any atom is -0.309 e. The molecule has 0 saturated heterocycles. The molecule has 0 aliphatic carbocycles. The lowest BCUT2D eigenvalue weighted by atomic mass is 9.94. The molecular weight excluding hydrogens is 799 g/mol. The molecule has 0 unspecified atom stereocenters. The molecule has 0 saturated carbocycles. The third kappa shape index (κ3) is 5.84. The van der Waals surface area contributed by atoms with Gasteiger partial charge in [-0.3, -0.25) is 0 Å². The van der Waals surface area contributed by atoms with Crippen molar-refractivity contribution in [2.45, 2.75) is 0 Å². The molecule has 298 valence electrons. The second kappa shape index (κ2) is 14.7. The number of rotatable bonds is 6. The first-order valence-electron chi connectivity index (χ1n) is 21.5. The molecule has 0 spiro atoms. The Labute approximate surface area is 372 Å². The number of hydrogen-bond acceptors (Lipinski definition) is 5. The van der Waals surface area contributed by atoms with Gasteiger partial charge in [-0.2, -0.15) is 0 Å². The van der Waals surface area contributed by atoms with E-state index in [1.807, 2.05) is 6.07 Å². The Hall–Kier alpha value is -8.32. The third-order valence-corrected chi connectivity index (χ3v) is 13.5.